The first kappa shape index (κ1) is 13.6. The van der Waals surface area contributed by atoms with Crippen LogP contribution in [0, 0.1) is 6.92 Å². The first-order valence-corrected chi connectivity index (χ1v) is 6.39. The van der Waals surface area contributed by atoms with Gasteiger partial charge in [-0.25, -0.2) is 0 Å². The van der Waals surface area contributed by atoms with E-state index in [1.54, 1.807) is 12.1 Å². The highest BCUT2D eigenvalue weighted by atomic mass is 16.3. The number of aryl methyl sites for hydroxylation is 1. The van der Waals surface area contributed by atoms with Gasteiger partial charge in [0.2, 0.25) is 0 Å². The van der Waals surface area contributed by atoms with Gasteiger partial charge in [-0.2, -0.15) is 0 Å². The van der Waals surface area contributed by atoms with Crippen LogP contribution >= 0.6 is 0 Å². The van der Waals surface area contributed by atoms with E-state index in [1.807, 2.05) is 43.3 Å². The Kier molecular flexibility index (Phi) is 4.55. The van der Waals surface area contributed by atoms with Crippen LogP contribution in [0.4, 0.5) is 0 Å². The summed E-state index contributed by atoms with van der Waals surface area (Å²) < 4.78 is 0. The molecule has 0 spiro atoms. The monoisotopic (exact) mass is 257 g/mol. The van der Waals surface area contributed by atoms with Gasteiger partial charge in [0.15, 0.2) is 0 Å². The third kappa shape index (κ3) is 3.81. The molecule has 3 nitrogen and oxygen atoms in total. The Morgan fingerprint density at radius 3 is 2.42 bits per heavy atom. The molecule has 0 aliphatic heterocycles. The van der Waals surface area contributed by atoms with Gasteiger partial charge in [-0.3, -0.25) is 0 Å². The predicted octanol–water partition coefficient (Wildman–Crippen LogP) is 2.52. The Labute approximate surface area is 113 Å². The van der Waals surface area contributed by atoms with E-state index in [1.165, 1.54) is 5.56 Å². The van der Waals surface area contributed by atoms with Crippen molar-refractivity contribution >= 4 is 0 Å². The molecule has 0 aromatic heterocycles. The maximum atomic E-state index is 10.0. The number of benzene rings is 2. The minimum absolute atomic E-state index is 0.278. The number of phenolic OH excluding ortho intramolecular Hbond substituents is 1. The highest BCUT2D eigenvalue weighted by Crippen LogP contribution is 2.16. The molecule has 0 aliphatic rings. The number of rotatable bonds is 5. The van der Waals surface area contributed by atoms with Crippen LogP contribution in [-0.4, -0.2) is 16.8 Å². The van der Waals surface area contributed by atoms with Crippen molar-refractivity contribution in [2.45, 2.75) is 19.6 Å². The molecule has 0 radical (unpaired) electrons. The van der Waals surface area contributed by atoms with Crippen LogP contribution in [0.3, 0.4) is 0 Å². The van der Waals surface area contributed by atoms with Gasteiger partial charge in [0, 0.05) is 18.7 Å². The number of nitrogens with one attached hydrogen (secondary N) is 1. The quantitative estimate of drug-likeness (QED) is 0.771. The van der Waals surface area contributed by atoms with E-state index in [-0.39, 0.29) is 5.75 Å². The number of para-hydroxylation sites is 1. The first-order valence-electron chi connectivity index (χ1n) is 6.39. The molecule has 2 aromatic rings. The van der Waals surface area contributed by atoms with Crippen molar-refractivity contribution in [3.8, 4) is 5.75 Å². The number of aliphatic hydroxyl groups excluding tert-OH is 1. The summed E-state index contributed by atoms with van der Waals surface area (Å²) in [5.74, 6) is 0.278. The predicted molar refractivity (Wildman–Crippen MR) is 76.0 cm³/mol. The molecule has 100 valence electrons. The van der Waals surface area contributed by atoms with Crippen LogP contribution in [0.1, 0.15) is 22.8 Å². The smallest absolute Gasteiger partial charge is 0.120 e. The lowest BCUT2D eigenvalue weighted by molar-refractivity contribution is 0.174. The van der Waals surface area contributed by atoms with Gasteiger partial charge < -0.3 is 15.5 Å². The summed E-state index contributed by atoms with van der Waals surface area (Å²) >= 11 is 0. The summed E-state index contributed by atoms with van der Waals surface area (Å²) in [4.78, 5) is 0. The summed E-state index contributed by atoms with van der Waals surface area (Å²) in [7, 11) is 0. The van der Waals surface area contributed by atoms with Crippen LogP contribution in [0.15, 0.2) is 48.5 Å². The second kappa shape index (κ2) is 6.36. The number of phenols is 1. The molecular formula is C16H19NO2. The molecule has 2 rings (SSSR count). The van der Waals surface area contributed by atoms with Gasteiger partial charge in [-0.15, -0.1) is 0 Å². The molecular weight excluding hydrogens is 238 g/mol. The maximum Gasteiger partial charge on any atom is 0.120 e. The molecule has 0 saturated carbocycles. The van der Waals surface area contributed by atoms with Crippen LogP contribution in [0.5, 0.6) is 5.75 Å². The molecule has 3 N–H and O–H groups in total. The Morgan fingerprint density at radius 1 is 1.05 bits per heavy atom. The van der Waals surface area contributed by atoms with Crippen molar-refractivity contribution in [2.75, 3.05) is 6.54 Å². The third-order valence-corrected chi connectivity index (χ3v) is 3.11. The highest BCUT2D eigenvalue weighted by Gasteiger charge is 2.07. The topological polar surface area (TPSA) is 52.5 Å². The molecule has 1 atom stereocenters. The molecule has 0 bridgehead atoms. The van der Waals surface area contributed by atoms with Gasteiger partial charge in [-0.05, 0) is 18.6 Å². The normalized spacial score (nSPS) is 12.3. The van der Waals surface area contributed by atoms with Crippen LogP contribution in [0.25, 0.3) is 0 Å². The van der Waals surface area contributed by atoms with Gasteiger partial charge >= 0.3 is 0 Å². The summed E-state index contributed by atoms with van der Waals surface area (Å²) in [5.41, 5.74) is 2.91. The lowest BCUT2D eigenvalue weighted by Gasteiger charge is -2.13. The van der Waals surface area contributed by atoms with Gasteiger partial charge in [0.05, 0.1) is 6.10 Å². The van der Waals surface area contributed by atoms with E-state index in [4.69, 9.17) is 0 Å². The Bertz CT molecular complexity index is 523. The van der Waals surface area contributed by atoms with Crippen LogP contribution < -0.4 is 5.32 Å². The zero-order valence-electron chi connectivity index (χ0n) is 11.0. The standard InChI is InChI=1S/C16H19NO2/c1-12-6-8-13(9-7-12)16(19)11-17-10-14-4-2-3-5-15(14)18/h2-9,16-19H,10-11H2,1H3. The molecule has 0 saturated heterocycles. The van der Waals surface area contributed by atoms with E-state index < -0.39 is 6.10 Å². The van der Waals surface area contributed by atoms with Crippen molar-refractivity contribution in [2.24, 2.45) is 0 Å². The average Bonchev–Trinajstić information content (AvgIpc) is 2.41. The summed E-state index contributed by atoms with van der Waals surface area (Å²) in [6.45, 7) is 3.01. The van der Waals surface area contributed by atoms with E-state index in [2.05, 4.69) is 5.32 Å². The summed E-state index contributed by atoms with van der Waals surface area (Å²) in [6.07, 6.45) is -0.536. The SMILES string of the molecule is Cc1ccc(C(O)CNCc2ccccc2O)cc1. The lowest BCUT2D eigenvalue weighted by Crippen LogP contribution is -2.21. The molecule has 19 heavy (non-hydrogen) atoms. The third-order valence-electron chi connectivity index (χ3n) is 3.11. The van der Waals surface area contributed by atoms with Crippen molar-refractivity contribution < 1.29 is 10.2 Å². The summed E-state index contributed by atoms with van der Waals surface area (Å²) in [5, 5.41) is 22.8. The number of hydrogen-bond donors (Lipinski definition) is 3. The first-order chi connectivity index (χ1) is 9.16. The lowest BCUT2D eigenvalue weighted by atomic mass is 10.1. The molecule has 0 fully saturated rings. The Morgan fingerprint density at radius 2 is 1.74 bits per heavy atom. The zero-order chi connectivity index (χ0) is 13.7. The van der Waals surface area contributed by atoms with Crippen LogP contribution in [0.2, 0.25) is 0 Å². The summed E-state index contributed by atoms with van der Waals surface area (Å²) in [6, 6.07) is 15.0. The van der Waals surface area contributed by atoms with Crippen molar-refractivity contribution in [1.82, 2.24) is 5.32 Å². The van der Waals surface area contributed by atoms with Gasteiger partial charge in [0.25, 0.3) is 0 Å². The van der Waals surface area contributed by atoms with Crippen LogP contribution in [-0.2, 0) is 6.54 Å². The number of aliphatic hydroxyl groups is 1. The van der Waals surface area contributed by atoms with Gasteiger partial charge in [-0.1, -0.05) is 48.0 Å². The molecule has 0 amide bonds. The molecule has 2 aromatic carbocycles. The van der Waals surface area contributed by atoms with Crippen molar-refractivity contribution in [3.05, 3.63) is 65.2 Å². The molecule has 3 heteroatoms. The van der Waals surface area contributed by atoms with Gasteiger partial charge in [0.1, 0.15) is 5.75 Å². The molecule has 1 unspecified atom stereocenters. The largest absolute Gasteiger partial charge is 0.508 e. The average molecular weight is 257 g/mol. The van der Waals surface area contributed by atoms with E-state index >= 15 is 0 Å². The molecule has 0 heterocycles. The highest BCUT2D eigenvalue weighted by molar-refractivity contribution is 5.31. The van der Waals surface area contributed by atoms with E-state index in [0.717, 1.165) is 11.1 Å². The number of aromatic hydroxyl groups is 1. The molecule has 0 aliphatic carbocycles. The Balaban J connectivity index is 1.86. The van der Waals surface area contributed by atoms with E-state index in [9.17, 15) is 10.2 Å². The zero-order valence-corrected chi connectivity index (χ0v) is 11.0. The van der Waals surface area contributed by atoms with Crippen molar-refractivity contribution in [1.29, 1.82) is 0 Å². The minimum Gasteiger partial charge on any atom is -0.508 e. The fourth-order valence-electron chi connectivity index (χ4n) is 1.91. The minimum atomic E-state index is -0.536. The number of hydrogen-bond acceptors (Lipinski definition) is 3. The second-order valence-electron chi connectivity index (χ2n) is 4.69. The Hall–Kier alpha value is -1.84. The fraction of sp³-hybridized carbons (Fsp3) is 0.250. The van der Waals surface area contributed by atoms with E-state index in [0.29, 0.717) is 13.1 Å². The van der Waals surface area contributed by atoms with Crippen molar-refractivity contribution in [3.63, 3.8) is 0 Å². The fourth-order valence-corrected chi connectivity index (χ4v) is 1.91. The second-order valence-corrected chi connectivity index (χ2v) is 4.69. The maximum absolute atomic E-state index is 10.0.